The summed E-state index contributed by atoms with van der Waals surface area (Å²) in [6.45, 7) is 6.74. The van der Waals surface area contributed by atoms with Gasteiger partial charge in [-0.3, -0.25) is 9.36 Å². The molecule has 0 aliphatic carbocycles. The molecular formula is C25H24N2O2S2. The van der Waals surface area contributed by atoms with Crippen molar-refractivity contribution in [2.24, 2.45) is 0 Å². The summed E-state index contributed by atoms with van der Waals surface area (Å²) in [5.41, 5.74) is 4.54. The van der Waals surface area contributed by atoms with Crippen LogP contribution < -0.4 is 5.56 Å². The van der Waals surface area contributed by atoms with Gasteiger partial charge in [-0.05, 0) is 38.5 Å². The molecule has 3 aliphatic heterocycles. The Hall–Kier alpha value is -2.41. The Morgan fingerprint density at radius 1 is 1.13 bits per heavy atom. The molecule has 0 amide bonds. The van der Waals surface area contributed by atoms with Crippen molar-refractivity contribution < 1.29 is 4.74 Å². The number of thioether (sulfide) groups is 1. The maximum absolute atomic E-state index is 13.6. The van der Waals surface area contributed by atoms with Gasteiger partial charge < -0.3 is 4.74 Å². The highest BCUT2D eigenvalue weighted by Crippen LogP contribution is 2.41. The predicted octanol–water partition coefficient (Wildman–Crippen LogP) is 5.85. The van der Waals surface area contributed by atoms with Crippen LogP contribution in [0.1, 0.15) is 35.5 Å². The fourth-order valence-electron chi connectivity index (χ4n) is 3.82. The molecule has 0 radical (unpaired) electrons. The van der Waals surface area contributed by atoms with Gasteiger partial charge in [0.05, 0.1) is 27.7 Å². The zero-order valence-corrected chi connectivity index (χ0v) is 19.5. The Bertz CT molecular complexity index is 1260. The molecular weight excluding hydrogens is 424 g/mol. The Morgan fingerprint density at radius 3 is 2.61 bits per heavy atom. The maximum atomic E-state index is 13.6. The van der Waals surface area contributed by atoms with Gasteiger partial charge in [0, 0.05) is 17.9 Å². The van der Waals surface area contributed by atoms with Gasteiger partial charge >= 0.3 is 0 Å². The third-order valence-electron chi connectivity index (χ3n) is 5.51. The molecule has 31 heavy (non-hydrogen) atoms. The molecule has 2 aromatic carbocycles. The summed E-state index contributed by atoms with van der Waals surface area (Å²) in [4.78, 5) is 20.5. The van der Waals surface area contributed by atoms with E-state index in [0.29, 0.717) is 12.3 Å². The Morgan fingerprint density at radius 2 is 1.87 bits per heavy atom. The molecule has 158 valence electrons. The molecule has 0 aromatic heterocycles. The van der Waals surface area contributed by atoms with Crippen molar-refractivity contribution in [3.8, 4) is 16.3 Å². The normalized spacial score (nSPS) is 15.2. The van der Waals surface area contributed by atoms with E-state index in [-0.39, 0.29) is 11.2 Å². The minimum absolute atomic E-state index is 0.0437. The molecule has 0 N–H and O–H groups in total. The van der Waals surface area contributed by atoms with E-state index in [9.17, 15) is 4.79 Å². The van der Waals surface area contributed by atoms with Crippen LogP contribution in [0, 0.1) is 6.92 Å². The first-order chi connectivity index (χ1) is 14.9. The lowest BCUT2D eigenvalue weighted by Crippen LogP contribution is -2.32. The molecule has 5 rings (SSSR count). The highest BCUT2D eigenvalue weighted by molar-refractivity contribution is 7.98. The quantitative estimate of drug-likeness (QED) is 0.367. The number of hydrogen-bond donors (Lipinski definition) is 0. The number of hydrogen-bond acceptors (Lipinski definition) is 5. The van der Waals surface area contributed by atoms with Gasteiger partial charge in [-0.15, -0.1) is 23.1 Å². The van der Waals surface area contributed by atoms with Crippen molar-refractivity contribution in [1.29, 1.82) is 0 Å². The van der Waals surface area contributed by atoms with E-state index < -0.39 is 0 Å². The summed E-state index contributed by atoms with van der Waals surface area (Å²) < 4.78 is 7.86. The van der Waals surface area contributed by atoms with Crippen molar-refractivity contribution >= 4 is 23.1 Å². The van der Waals surface area contributed by atoms with Crippen LogP contribution in [0.25, 0.3) is 16.3 Å². The molecule has 3 heterocycles. The zero-order valence-electron chi connectivity index (χ0n) is 17.8. The molecule has 4 nitrogen and oxygen atoms in total. The van der Waals surface area contributed by atoms with E-state index in [1.165, 1.54) is 11.1 Å². The molecule has 0 fully saturated rings. The van der Waals surface area contributed by atoms with Crippen molar-refractivity contribution in [3.63, 3.8) is 0 Å². The zero-order chi connectivity index (χ0) is 21.6. The smallest absolute Gasteiger partial charge is 0.283 e. The van der Waals surface area contributed by atoms with Crippen LogP contribution in [0.15, 0.2) is 64.4 Å². The Kier molecular flexibility index (Phi) is 5.24. The Balaban J connectivity index is 1.67. The highest BCUT2D eigenvalue weighted by Gasteiger charge is 2.32. The van der Waals surface area contributed by atoms with Crippen LogP contribution >= 0.6 is 23.1 Å². The summed E-state index contributed by atoms with van der Waals surface area (Å²) in [6.07, 6.45) is 0.719. The fraction of sp³-hybridized carbons (Fsp3) is 0.280. The molecule has 3 aliphatic rings. The number of aryl methyl sites for hydroxylation is 1. The highest BCUT2D eigenvalue weighted by atomic mass is 32.2. The first-order valence-corrected chi connectivity index (χ1v) is 12.2. The van der Waals surface area contributed by atoms with Crippen LogP contribution in [-0.4, -0.2) is 15.2 Å². The SMILES string of the molecule is Cc1ccc(-n2c(SCc3ccccc3)c3sc4c(nc-3c2=O)CC(C)(C)OC4)cc1. The van der Waals surface area contributed by atoms with E-state index in [2.05, 4.69) is 32.9 Å². The summed E-state index contributed by atoms with van der Waals surface area (Å²) in [5, 5.41) is 0.956. The first-order valence-electron chi connectivity index (χ1n) is 10.4. The lowest BCUT2D eigenvalue weighted by Gasteiger charge is -2.30. The lowest BCUT2D eigenvalue weighted by atomic mass is 9.99. The van der Waals surface area contributed by atoms with Gasteiger partial charge in [-0.2, -0.15) is 0 Å². The van der Waals surface area contributed by atoms with Crippen molar-refractivity contribution in [3.05, 3.63) is 86.6 Å². The molecule has 0 saturated heterocycles. The second-order valence-corrected chi connectivity index (χ2v) is 10.6. The summed E-state index contributed by atoms with van der Waals surface area (Å²) >= 11 is 3.35. The molecule has 0 saturated carbocycles. The van der Waals surface area contributed by atoms with Gasteiger partial charge in [-0.25, -0.2) is 4.98 Å². The number of rotatable bonds is 4. The van der Waals surface area contributed by atoms with E-state index in [0.717, 1.165) is 38.3 Å². The average Bonchev–Trinajstić information content (AvgIpc) is 3.02. The summed E-state index contributed by atoms with van der Waals surface area (Å²) in [6, 6.07) is 18.5. The minimum Gasteiger partial charge on any atom is -0.370 e. The molecule has 2 aromatic rings. The average molecular weight is 449 g/mol. The summed E-state index contributed by atoms with van der Waals surface area (Å²) in [7, 11) is 0. The van der Waals surface area contributed by atoms with Gasteiger partial charge in [0.25, 0.3) is 5.56 Å². The predicted molar refractivity (Wildman–Crippen MR) is 128 cm³/mol. The molecule has 0 bridgehead atoms. The largest absolute Gasteiger partial charge is 0.370 e. The first kappa shape index (κ1) is 20.5. The van der Waals surface area contributed by atoms with Crippen molar-refractivity contribution in [1.82, 2.24) is 9.55 Å². The van der Waals surface area contributed by atoms with E-state index in [1.807, 2.05) is 47.0 Å². The molecule has 0 atom stereocenters. The van der Waals surface area contributed by atoms with Crippen molar-refractivity contribution in [2.75, 3.05) is 0 Å². The third kappa shape index (κ3) is 3.95. The second kappa shape index (κ2) is 7.93. The van der Waals surface area contributed by atoms with Gasteiger partial charge in [-0.1, -0.05) is 48.0 Å². The van der Waals surface area contributed by atoms with Crippen molar-refractivity contribution in [2.45, 2.75) is 50.2 Å². The van der Waals surface area contributed by atoms with Crippen LogP contribution in [0.3, 0.4) is 0 Å². The van der Waals surface area contributed by atoms with Gasteiger partial charge in [0.1, 0.15) is 10.7 Å². The molecule has 0 spiro atoms. The maximum Gasteiger partial charge on any atom is 0.283 e. The third-order valence-corrected chi connectivity index (χ3v) is 7.97. The molecule has 6 heteroatoms. The van der Waals surface area contributed by atoms with E-state index in [1.54, 1.807) is 23.1 Å². The van der Waals surface area contributed by atoms with Crippen LogP contribution in [-0.2, 0) is 23.5 Å². The van der Waals surface area contributed by atoms with Crippen LogP contribution in [0.2, 0.25) is 0 Å². The number of benzene rings is 2. The lowest BCUT2D eigenvalue weighted by molar-refractivity contribution is -0.0395. The summed E-state index contributed by atoms with van der Waals surface area (Å²) in [5.74, 6) is 0.790. The van der Waals surface area contributed by atoms with Crippen LogP contribution in [0.5, 0.6) is 0 Å². The molecule has 0 unspecified atom stereocenters. The number of nitrogens with zero attached hydrogens (tertiary/aromatic N) is 2. The minimum atomic E-state index is -0.256. The number of fused-ring (bicyclic) bond motifs is 2. The number of aromatic nitrogens is 2. The van der Waals surface area contributed by atoms with E-state index in [4.69, 9.17) is 9.72 Å². The standard InChI is InChI=1S/C25H24N2O2S2/c1-16-9-11-18(12-10-16)27-23(28)21-22(24(27)30-15-17-7-5-4-6-8-17)31-20-14-29-25(2,3)13-19(20)26-21/h4-12H,13-15H2,1-3H3. The topological polar surface area (TPSA) is 44.1 Å². The van der Waals surface area contributed by atoms with Gasteiger partial charge in [0.2, 0.25) is 0 Å². The monoisotopic (exact) mass is 448 g/mol. The number of ether oxygens (including phenoxy) is 1. The van der Waals surface area contributed by atoms with E-state index >= 15 is 0 Å². The Labute approximate surface area is 190 Å². The van der Waals surface area contributed by atoms with Gasteiger partial charge in [0.15, 0.2) is 0 Å². The second-order valence-electron chi connectivity index (χ2n) is 8.54. The fourth-order valence-corrected chi connectivity index (χ4v) is 6.17. The van der Waals surface area contributed by atoms with Crippen LogP contribution in [0.4, 0.5) is 0 Å².